The first-order valence-corrected chi connectivity index (χ1v) is 10.6. The fraction of sp³-hybridized carbons (Fsp3) is 0.0667. The average molecular weight is 605 g/mol. The number of aromatic nitrogens is 2. The van der Waals surface area contributed by atoms with Crippen molar-refractivity contribution in [1.29, 1.82) is 0 Å². The number of benzene rings is 3. The standard InChI is InChI=1S/C19H16N.C11H8N.Ir/c1-15-14-20-19(17-10-6-3-7-11-17)13-18(15)12-16-8-4-2-5-9-16;1-2-6-10(7-3-1)11-8-4-5-9-12-11;/h2-10,13-14H,12H2,1H3;1-6,8-9H;/q2*-1;. The normalized spacial score (nSPS) is 9.85. The Kier molecular flexibility index (Phi) is 9.26. The minimum absolute atomic E-state index is 0. The van der Waals surface area contributed by atoms with Crippen LogP contribution in [0, 0.1) is 19.1 Å². The largest absolute Gasteiger partial charge is 0.305 e. The number of nitrogens with zero attached hydrogens (tertiary/aromatic N) is 2. The van der Waals surface area contributed by atoms with Crippen LogP contribution in [0.5, 0.6) is 0 Å². The predicted octanol–water partition coefficient (Wildman–Crippen LogP) is 6.99. The number of hydrogen-bond donors (Lipinski definition) is 0. The Hall–Kier alpha value is -3.39. The second-order valence-corrected chi connectivity index (χ2v) is 7.43. The maximum absolute atomic E-state index is 4.52. The molecule has 0 bridgehead atoms. The summed E-state index contributed by atoms with van der Waals surface area (Å²) < 4.78 is 0. The molecule has 33 heavy (non-hydrogen) atoms. The van der Waals surface area contributed by atoms with Gasteiger partial charge in [0.05, 0.1) is 0 Å². The molecule has 0 spiro atoms. The molecule has 2 nitrogen and oxygen atoms in total. The molecule has 1 radical (unpaired) electrons. The van der Waals surface area contributed by atoms with Gasteiger partial charge in [-0.1, -0.05) is 48.5 Å². The molecule has 0 aliphatic heterocycles. The summed E-state index contributed by atoms with van der Waals surface area (Å²) in [5.74, 6) is 0. The zero-order valence-corrected chi connectivity index (χ0v) is 20.8. The SMILES string of the molecule is Cc1cnc(-c2[c-]cccc2)cc1Cc1ccccc1.[Ir].[c-]1ccccc1-c1ccccn1. The van der Waals surface area contributed by atoms with E-state index in [4.69, 9.17) is 0 Å². The van der Waals surface area contributed by atoms with Crippen LogP contribution in [-0.2, 0) is 26.5 Å². The summed E-state index contributed by atoms with van der Waals surface area (Å²) in [7, 11) is 0. The van der Waals surface area contributed by atoms with Gasteiger partial charge in [0.1, 0.15) is 0 Å². The minimum Gasteiger partial charge on any atom is -0.305 e. The molecule has 3 heteroatoms. The van der Waals surface area contributed by atoms with Crippen molar-refractivity contribution in [2.45, 2.75) is 13.3 Å². The Morgan fingerprint density at radius 3 is 1.91 bits per heavy atom. The van der Waals surface area contributed by atoms with Crippen molar-refractivity contribution in [1.82, 2.24) is 9.97 Å². The molecule has 5 rings (SSSR count). The smallest absolute Gasteiger partial charge is 0.0192 e. The summed E-state index contributed by atoms with van der Waals surface area (Å²) in [5.41, 5.74) is 7.91. The number of pyridine rings is 2. The molecule has 0 fully saturated rings. The molecular formula is C30H24IrN2-2. The van der Waals surface area contributed by atoms with Gasteiger partial charge in [-0.2, -0.15) is 0 Å². The van der Waals surface area contributed by atoms with Crippen LogP contribution in [0.4, 0.5) is 0 Å². The average Bonchev–Trinajstić information content (AvgIpc) is 2.88. The Morgan fingerprint density at radius 2 is 1.30 bits per heavy atom. The zero-order chi connectivity index (χ0) is 22.0. The molecule has 0 amide bonds. The predicted molar refractivity (Wildman–Crippen MR) is 131 cm³/mol. The fourth-order valence-corrected chi connectivity index (χ4v) is 3.35. The summed E-state index contributed by atoms with van der Waals surface area (Å²) in [4.78, 5) is 8.74. The van der Waals surface area contributed by atoms with Gasteiger partial charge in [-0.05, 0) is 47.5 Å². The summed E-state index contributed by atoms with van der Waals surface area (Å²) in [6.07, 6.45) is 4.68. The molecule has 5 aromatic rings. The van der Waals surface area contributed by atoms with E-state index in [-0.39, 0.29) is 20.1 Å². The molecule has 0 N–H and O–H groups in total. The first-order chi connectivity index (χ1) is 15.8. The van der Waals surface area contributed by atoms with Gasteiger partial charge < -0.3 is 9.97 Å². The van der Waals surface area contributed by atoms with Crippen LogP contribution in [0.3, 0.4) is 0 Å². The second kappa shape index (κ2) is 12.6. The Morgan fingerprint density at radius 1 is 0.667 bits per heavy atom. The molecule has 3 aromatic carbocycles. The fourth-order valence-electron chi connectivity index (χ4n) is 3.35. The topological polar surface area (TPSA) is 25.8 Å². The third-order valence-corrected chi connectivity index (χ3v) is 5.09. The van der Waals surface area contributed by atoms with Gasteiger partial charge in [0, 0.05) is 32.5 Å². The van der Waals surface area contributed by atoms with Gasteiger partial charge in [-0.3, -0.25) is 0 Å². The van der Waals surface area contributed by atoms with Gasteiger partial charge in [0.2, 0.25) is 0 Å². The molecule has 0 aliphatic rings. The zero-order valence-electron chi connectivity index (χ0n) is 18.4. The van der Waals surface area contributed by atoms with Gasteiger partial charge in [0.25, 0.3) is 0 Å². The van der Waals surface area contributed by atoms with Crippen molar-refractivity contribution in [2.75, 3.05) is 0 Å². The quantitative estimate of drug-likeness (QED) is 0.207. The molecule has 0 aliphatic carbocycles. The van der Waals surface area contributed by atoms with Gasteiger partial charge in [-0.25, -0.2) is 0 Å². The van der Waals surface area contributed by atoms with Gasteiger partial charge in [0.15, 0.2) is 0 Å². The Bertz CT molecular complexity index is 1190. The van der Waals surface area contributed by atoms with E-state index in [2.05, 4.69) is 59.4 Å². The molecule has 2 heterocycles. The Balaban J connectivity index is 0.000000202. The van der Waals surface area contributed by atoms with Crippen LogP contribution in [0.15, 0.2) is 116 Å². The summed E-state index contributed by atoms with van der Waals surface area (Å²) in [6.45, 7) is 2.11. The molecule has 165 valence electrons. The summed E-state index contributed by atoms with van der Waals surface area (Å²) in [6, 6.07) is 40.7. The molecule has 0 unspecified atom stereocenters. The van der Waals surface area contributed by atoms with E-state index < -0.39 is 0 Å². The third-order valence-electron chi connectivity index (χ3n) is 5.09. The number of aryl methyl sites for hydroxylation is 1. The first kappa shape index (κ1) is 24.3. The maximum atomic E-state index is 4.52. The van der Waals surface area contributed by atoms with Crippen LogP contribution < -0.4 is 0 Å². The van der Waals surface area contributed by atoms with Gasteiger partial charge >= 0.3 is 0 Å². The van der Waals surface area contributed by atoms with Crippen molar-refractivity contribution in [2.24, 2.45) is 0 Å². The van der Waals surface area contributed by atoms with Crippen molar-refractivity contribution in [3.05, 3.63) is 144 Å². The van der Waals surface area contributed by atoms with Crippen LogP contribution in [0.1, 0.15) is 16.7 Å². The van der Waals surface area contributed by atoms with E-state index in [9.17, 15) is 0 Å². The number of hydrogen-bond acceptors (Lipinski definition) is 2. The van der Waals surface area contributed by atoms with Gasteiger partial charge in [-0.15, -0.1) is 71.8 Å². The van der Waals surface area contributed by atoms with E-state index >= 15 is 0 Å². The van der Waals surface area contributed by atoms with Crippen LogP contribution in [0.25, 0.3) is 22.5 Å². The molecule has 0 atom stereocenters. The van der Waals surface area contributed by atoms with E-state index in [1.807, 2.05) is 79.0 Å². The summed E-state index contributed by atoms with van der Waals surface area (Å²) in [5, 5.41) is 0. The molecular weight excluding hydrogens is 581 g/mol. The van der Waals surface area contributed by atoms with E-state index in [0.29, 0.717) is 0 Å². The van der Waals surface area contributed by atoms with Crippen molar-refractivity contribution >= 4 is 0 Å². The molecule has 2 aromatic heterocycles. The van der Waals surface area contributed by atoms with E-state index in [0.717, 1.165) is 28.9 Å². The monoisotopic (exact) mass is 605 g/mol. The minimum atomic E-state index is 0. The summed E-state index contributed by atoms with van der Waals surface area (Å²) >= 11 is 0. The number of rotatable bonds is 4. The van der Waals surface area contributed by atoms with Crippen LogP contribution in [0.2, 0.25) is 0 Å². The Labute approximate surface area is 209 Å². The second-order valence-electron chi connectivity index (χ2n) is 7.43. The molecule has 0 saturated heterocycles. The van der Waals surface area contributed by atoms with Crippen molar-refractivity contribution in [3.63, 3.8) is 0 Å². The van der Waals surface area contributed by atoms with Crippen LogP contribution >= 0.6 is 0 Å². The van der Waals surface area contributed by atoms with E-state index in [1.54, 1.807) is 6.20 Å². The first-order valence-electron chi connectivity index (χ1n) is 10.6. The third kappa shape index (κ3) is 7.05. The van der Waals surface area contributed by atoms with Crippen molar-refractivity contribution < 1.29 is 20.1 Å². The van der Waals surface area contributed by atoms with Crippen LogP contribution in [-0.4, -0.2) is 9.97 Å². The molecule has 0 saturated carbocycles. The maximum Gasteiger partial charge on any atom is 0.0192 e. The van der Waals surface area contributed by atoms with E-state index in [1.165, 1.54) is 16.7 Å². The van der Waals surface area contributed by atoms with Crippen molar-refractivity contribution in [3.8, 4) is 22.5 Å².